The lowest BCUT2D eigenvalue weighted by Crippen LogP contribution is -2.42. The van der Waals surface area contributed by atoms with E-state index in [1.165, 1.54) is 6.07 Å². The minimum Gasteiger partial charge on any atom is -0.489 e. The molecule has 2 rings (SSSR count). The van der Waals surface area contributed by atoms with E-state index in [1.54, 1.807) is 19.1 Å². The van der Waals surface area contributed by atoms with Crippen LogP contribution in [-0.4, -0.2) is 24.1 Å². The number of piperidine rings is 1. The van der Waals surface area contributed by atoms with Crippen LogP contribution in [-0.2, 0) is 0 Å². The van der Waals surface area contributed by atoms with Crippen molar-refractivity contribution in [3.05, 3.63) is 33.9 Å². The zero-order chi connectivity index (χ0) is 13.1. The molecule has 0 aromatic heterocycles. The van der Waals surface area contributed by atoms with Crippen molar-refractivity contribution >= 4 is 5.69 Å². The lowest BCUT2D eigenvalue weighted by atomic mass is 9.97. The van der Waals surface area contributed by atoms with Gasteiger partial charge in [0.05, 0.1) is 4.92 Å². The van der Waals surface area contributed by atoms with E-state index >= 15 is 0 Å². The fourth-order valence-electron chi connectivity index (χ4n) is 2.20. The smallest absolute Gasteiger partial charge is 0.272 e. The third-order valence-corrected chi connectivity index (χ3v) is 3.41. The van der Waals surface area contributed by atoms with E-state index in [2.05, 4.69) is 12.2 Å². The summed E-state index contributed by atoms with van der Waals surface area (Å²) in [4.78, 5) is 10.4. The summed E-state index contributed by atoms with van der Waals surface area (Å²) in [7, 11) is 0. The molecule has 0 bridgehead atoms. The molecule has 1 aromatic rings. The number of hydrogen-bond donors (Lipinski definition) is 1. The Balaban J connectivity index is 2.10. The first-order valence-corrected chi connectivity index (χ1v) is 6.20. The molecule has 5 heteroatoms. The van der Waals surface area contributed by atoms with Crippen molar-refractivity contribution < 1.29 is 9.66 Å². The zero-order valence-corrected chi connectivity index (χ0v) is 10.7. The molecule has 0 amide bonds. The lowest BCUT2D eigenvalue weighted by Gasteiger charge is -2.30. The molecule has 1 heterocycles. The number of hydrogen-bond acceptors (Lipinski definition) is 4. The number of ether oxygens (including phenoxy) is 1. The molecule has 0 spiro atoms. The summed E-state index contributed by atoms with van der Waals surface area (Å²) in [6, 6.07) is 4.91. The fraction of sp³-hybridized carbons (Fsp3) is 0.538. The van der Waals surface area contributed by atoms with Crippen LogP contribution >= 0.6 is 0 Å². The fourth-order valence-corrected chi connectivity index (χ4v) is 2.20. The van der Waals surface area contributed by atoms with Crippen molar-refractivity contribution in [1.82, 2.24) is 5.32 Å². The molecule has 1 N–H and O–H groups in total. The molecule has 1 aromatic carbocycles. The van der Waals surface area contributed by atoms with E-state index in [0.717, 1.165) is 19.5 Å². The summed E-state index contributed by atoms with van der Waals surface area (Å²) in [5.41, 5.74) is 0.770. The van der Waals surface area contributed by atoms with Crippen LogP contribution in [0.15, 0.2) is 18.2 Å². The second-order valence-corrected chi connectivity index (χ2v) is 4.83. The highest BCUT2D eigenvalue weighted by molar-refractivity contribution is 5.44. The molecule has 0 radical (unpaired) electrons. The number of benzene rings is 1. The van der Waals surface area contributed by atoms with Crippen LogP contribution in [0.5, 0.6) is 5.75 Å². The van der Waals surface area contributed by atoms with Gasteiger partial charge in [-0.3, -0.25) is 10.1 Å². The number of nitrogens with zero attached hydrogens (tertiary/aromatic N) is 1. The first-order chi connectivity index (χ1) is 8.58. The average molecular weight is 250 g/mol. The van der Waals surface area contributed by atoms with Gasteiger partial charge in [-0.05, 0) is 37.9 Å². The third kappa shape index (κ3) is 2.79. The largest absolute Gasteiger partial charge is 0.489 e. The standard InChI is InChI=1S/C13H18N2O3/c1-9-5-6-14-8-13(9)18-11-3-4-12(15(16)17)10(2)7-11/h3-4,7,9,13-14H,5-6,8H2,1-2H3. The molecule has 0 saturated carbocycles. The lowest BCUT2D eigenvalue weighted by molar-refractivity contribution is -0.385. The molecule has 2 unspecified atom stereocenters. The Morgan fingerprint density at radius 2 is 2.28 bits per heavy atom. The number of nitro groups is 1. The van der Waals surface area contributed by atoms with E-state index in [-0.39, 0.29) is 16.7 Å². The molecule has 18 heavy (non-hydrogen) atoms. The highest BCUT2D eigenvalue weighted by Gasteiger charge is 2.23. The molecular weight excluding hydrogens is 232 g/mol. The van der Waals surface area contributed by atoms with Crippen LogP contribution in [0.2, 0.25) is 0 Å². The van der Waals surface area contributed by atoms with Crippen LogP contribution in [0.4, 0.5) is 5.69 Å². The monoisotopic (exact) mass is 250 g/mol. The van der Waals surface area contributed by atoms with Crippen LogP contribution in [0.1, 0.15) is 18.9 Å². The van der Waals surface area contributed by atoms with Crippen molar-refractivity contribution in [2.24, 2.45) is 5.92 Å². The Hall–Kier alpha value is -1.62. The molecule has 2 atom stereocenters. The van der Waals surface area contributed by atoms with Crippen LogP contribution in [0, 0.1) is 23.0 Å². The summed E-state index contributed by atoms with van der Waals surface area (Å²) in [5, 5.41) is 14.0. The molecule has 98 valence electrons. The van der Waals surface area contributed by atoms with Crippen molar-refractivity contribution in [2.75, 3.05) is 13.1 Å². The molecule has 1 aliphatic heterocycles. The van der Waals surface area contributed by atoms with Crippen LogP contribution < -0.4 is 10.1 Å². The van der Waals surface area contributed by atoms with E-state index < -0.39 is 0 Å². The summed E-state index contributed by atoms with van der Waals surface area (Å²) in [6.45, 7) is 5.76. The van der Waals surface area contributed by atoms with Crippen molar-refractivity contribution in [2.45, 2.75) is 26.4 Å². The van der Waals surface area contributed by atoms with E-state index in [4.69, 9.17) is 4.74 Å². The molecule has 1 fully saturated rings. The summed E-state index contributed by atoms with van der Waals surface area (Å²) in [5.74, 6) is 1.21. The van der Waals surface area contributed by atoms with Gasteiger partial charge < -0.3 is 10.1 Å². The second-order valence-electron chi connectivity index (χ2n) is 4.83. The Bertz CT molecular complexity index is 448. The molecule has 1 aliphatic rings. The molecular formula is C13H18N2O3. The highest BCUT2D eigenvalue weighted by atomic mass is 16.6. The van der Waals surface area contributed by atoms with Gasteiger partial charge in [0.25, 0.3) is 5.69 Å². The van der Waals surface area contributed by atoms with Gasteiger partial charge in [0.15, 0.2) is 0 Å². The van der Waals surface area contributed by atoms with Crippen LogP contribution in [0.3, 0.4) is 0 Å². The van der Waals surface area contributed by atoms with Gasteiger partial charge in [0.1, 0.15) is 11.9 Å². The number of rotatable bonds is 3. The van der Waals surface area contributed by atoms with E-state index in [9.17, 15) is 10.1 Å². The molecule has 5 nitrogen and oxygen atoms in total. The Labute approximate surface area is 106 Å². The Morgan fingerprint density at radius 3 is 2.89 bits per heavy atom. The SMILES string of the molecule is Cc1cc(OC2CNCCC2C)ccc1[N+](=O)[O-]. The molecule has 1 saturated heterocycles. The number of aryl methyl sites for hydroxylation is 1. The van der Waals surface area contributed by atoms with E-state index in [1.807, 2.05) is 0 Å². The minimum atomic E-state index is -0.371. The normalized spacial score (nSPS) is 23.7. The Morgan fingerprint density at radius 1 is 1.50 bits per heavy atom. The summed E-state index contributed by atoms with van der Waals surface area (Å²) < 4.78 is 5.90. The second kappa shape index (κ2) is 5.35. The van der Waals surface area contributed by atoms with Gasteiger partial charge in [-0.1, -0.05) is 6.92 Å². The first-order valence-electron chi connectivity index (χ1n) is 6.20. The third-order valence-electron chi connectivity index (χ3n) is 3.41. The van der Waals surface area contributed by atoms with Gasteiger partial charge in [-0.2, -0.15) is 0 Å². The average Bonchev–Trinajstić information content (AvgIpc) is 2.32. The van der Waals surface area contributed by atoms with Crippen molar-refractivity contribution in [1.29, 1.82) is 0 Å². The van der Waals surface area contributed by atoms with Crippen LogP contribution in [0.25, 0.3) is 0 Å². The summed E-state index contributed by atoms with van der Waals surface area (Å²) in [6.07, 6.45) is 1.23. The van der Waals surface area contributed by atoms with Gasteiger partial charge >= 0.3 is 0 Å². The van der Waals surface area contributed by atoms with Crippen molar-refractivity contribution in [3.63, 3.8) is 0 Å². The maximum absolute atomic E-state index is 10.7. The first kappa shape index (κ1) is 12.8. The number of nitro benzene ring substituents is 1. The van der Waals surface area contributed by atoms with E-state index in [0.29, 0.717) is 17.2 Å². The number of nitrogens with one attached hydrogen (secondary N) is 1. The van der Waals surface area contributed by atoms with Gasteiger partial charge in [-0.15, -0.1) is 0 Å². The topological polar surface area (TPSA) is 64.4 Å². The summed E-state index contributed by atoms with van der Waals surface area (Å²) >= 11 is 0. The quantitative estimate of drug-likeness (QED) is 0.660. The molecule has 0 aliphatic carbocycles. The van der Waals surface area contributed by atoms with Gasteiger partial charge in [0, 0.05) is 18.2 Å². The van der Waals surface area contributed by atoms with Gasteiger partial charge in [0.2, 0.25) is 0 Å². The maximum atomic E-state index is 10.7. The maximum Gasteiger partial charge on any atom is 0.272 e. The Kier molecular flexibility index (Phi) is 3.81. The van der Waals surface area contributed by atoms with Crippen molar-refractivity contribution in [3.8, 4) is 5.75 Å². The predicted octanol–water partition coefficient (Wildman–Crippen LogP) is 2.28. The predicted molar refractivity (Wildman–Crippen MR) is 68.9 cm³/mol. The zero-order valence-electron chi connectivity index (χ0n) is 10.7. The minimum absolute atomic E-state index is 0.136. The highest BCUT2D eigenvalue weighted by Crippen LogP contribution is 2.25. The van der Waals surface area contributed by atoms with Gasteiger partial charge in [-0.25, -0.2) is 0 Å².